The molecule has 2 aliphatic carbocycles. The van der Waals surface area contributed by atoms with E-state index in [1.54, 1.807) is 24.8 Å². The van der Waals surface area contributed by atoms with Crippen molar-refractivity contribution in [2.45, 2.75) is 165 Å². The molecule has 4 heterocycles. The Morgan fingerprint density at radius 3 is 1.46 bits per heavy atom. The molecule has 0 aromatic carbocycles. The van der Waals surface area contributed by atoms with E-state index < -0.39 is 22.4 Å². The number of hydrogen-bond acceptors (Lipinski definition) is 12. The first-order chi connectivity index (χ1) is 24.4. The van der Waals surface area contributed by atoms with Gasteiger partial charge in [0, 0.05) is 35.4 Å². The number of hydrogen-bond donors (Lipinski definition) is 4. The number of fused-ring (bicyclic) bond motifs is 2. The zero-order valence-electron chi connectivity index (χ0n) is 31.8. The van der Waals surface area contributed by atoms with Gasteiger partial charge in [-0.05, 0) is 92.2 Å². The Bertz CT molecular complexity index is 1430. The molecule has 0 bridgehead atoms. The third kappa shape index (κ3) is 9.61. The maximum atomic E-state index is 12.4. The summed E-state index contributed by atoms with van der Waals surface area (Å²) >= 11 is 0. The number of ether oxygens (including phenoxy) is 4. The largest absolute Gasteiger partial charge is 0.460 e. The van der Waals surface area contributed by atoms with Crippen LogP contribution in [0.2, 0.25) is 0 Å². The summed E-state index contributed by atoms with van der Waals surface area (Å²) in [6.07, 6.45) is 13.9. The molecule has 52 heavy (non-hydrogen) atoms. The summed E-state index contributed by atoms with van der Waals surface area (Å²) in [4.78, 5) is 33.0. The molecule has 288 valence electrons. The highest BCUT2D eigenvalue weighted by Gasteiger charge is 2.53. The first kappa shape index (κ1) is 39.9. The zero-order chi connectivity index (χ0) is 37.9. The van der Waals surface area contributed by atoms with Crippen LogP contribution in [-0.2, 0) is 28.5 Å². The molecule has 8 atom stereocenters. The van der Waals surface area contributed by atoms with E-state index in [-0.39, 0.29) is 61.0 Å². The van der Waals surface area contributed by atoms with Crippen molar-refractivity contribution in [1.29, 1.82) is 0 Å². The monoisotopic (exact) mass is 724 g/mol. The molecule has 0 amide bonds. The highest BCUT2D eigenvalue weighted by Crippen LogP contribution is 2.50. The average molecular weight is 725 g/mol. The van der Waals surface area contributed by atoms with Gasteiger partial charge in [0.05, 0.1) is 72.2 Å². The van der Waals surface area contributed by atoms with Crippen LogP contribution in [-0.4, -0.2) is 66.7 Å². The summed E-state index contributed by atoms with van der Waals surface area (Å²) < 4.78 is 23.5. The number of anilines is 2. The molecule has 6 rings (SSSR count). The number of aliphatic hydroxyl groups is 2. The minimum absolute atomic E-state index is 0.190. The lowest BCUT2D eigenvalue weighted by atomic mass is 9.68. The number of carbonyl (C=O) groups is 2. The molecule has 4 fully saturated rings. The van der Waals surface area contributed by atoms with Crippen molar-refractivity contribution in [3.63, 3.8) is 0 Å². The quantitative estimate of drug-likeness (QED) is 0.244. The van der Waals surface area contributed by atoms with E-state index in [0.717, 1.165) is 49.7 Å². The maximum absolute atomic E-state index is 12.4. The minimum atomic E-state index is -0.979. The highest BCUT2D eigenvalue weighted by molar-refractivity contribution is 5.71. The van der Waals surface area contributed by atoms with Gasteiger partial charge >= 0.3 is 11.9 Å². The van der Waals surface area contributed by atoms with Crippen LogP contribution in [0.3, 0.4) is 0 Å². The van der Waals surface area contributed by atoms with E-state index in [1.165, 1.54) is 0 Å². The number of nitrogens with two attached hydrogens (primary N) is 2. The summed E-state index contributed by atoms with van der Waals surface area (Å²) in [6, 6.07) is 3.72. The van der Waals surface area contributed by atoms with Crippen LogP contribution in [0.5, 0.6) is 0 Å². The molecule has 2 saturated heterocycles. The van der Waals surface area contributed by atoms with Gasteiger partial charge in [-0.1, -0.05) is 25.7 Å². The Kier molecular flexibility index (Phi) is 12.2. The van der Waals surface area contributed by atoms with Crippen molar-refractivity contribution < 1.29 is 38.7 Å². The van der Waals surface area contributed by atoms with Crippen LogP contribution in [0.4, 0.5) is 11.4 Å². The second-order valence-corrected chi connectivity index (χ2v) is 17.2. The van der Waals surface area contributed by atoms with Gasteiger partial charge in [0.1, 0.15) is 11.2 Å². The zero-order valence-corrected chi connectivity index (χ0v) is 31.8. The standard InChI is InChI=1S/2C20H30N2O4/c2*1-19(2,3)26-18(23)11-13-10-16(14-7-9-22-12-15(14)21)25-17-6-4-5-8-20(13,17)24/h2*7,9,12-13,16-17,24H,4-6,8,10-11,21H2,1-3H3/t2*13-,16+,17+,20-/m10/s1. The molecular formula is C40H60N4O8. The highest BCUT2D eigenvalue weighted by atomic mass is 16.6. The molecule has 6 N–H and O–H groups in total. The first-order valence-electron chi connectivity index (χ1n) is 19.0. The molecule has 12 nitrogen and oxygen atoms in total. The van der Waals surface area contributed by atoms with E-state index in [9.17, 15) is 19.8 Å². The van der Waals surface area contributed by atoms with Crippen molar-refractivity contribution in [3.8, 4) is 0 Å². The Labute approximate surface area is 308 Å². The van der Waals surface area contributed by atoms with Crippen LogP contribution in [0.15, 0.2) is 36.9 Å². The predicted molar refractivity (Wildman–Crippen MR) is 197 cm³/mol. The Morgan fingerprint density at radius 2 is 1.12 bits per heavy atom. The Hall–Kier alpha value is -3.32. The smallest absolute Gasteiger partial charge is 0.306 e. The normalized spacial score (nSPS) is 31.9. The van der Waals surface area contributed by atoms with Gasteiger partial charge in [-0.15, -0.1) is 0 Å². The number of aromatic nitrogens is 2. The summed E-state index contributed by atoms with van der Waals surface area (Å²) in [5, 5.41) is 22.7. The lowest BCUT2D eigenvalue weighted by Gasteiger charge is -2.51. The second kappa shape index (κ2) is 16.0. The van der Waals surface area contributed by atoms with Crippen molar-refractivity contribution in [2.24, 2.45) is 11.8 Å². The average Bonchev–Trinajstić information content (AvgIpc) is 3.04. The minimum Gasteiger partial charge on any atom is -0.460 e. The summed E-state index contributed by atoms with van der Waals surface area (Å²) in [5.74, 6) is -0.977. The lowest BCUT2D eigenvalue weighted by Crippen LogP contribution is -2.56. The third-order valence-electron chi connectivity index (χ3n) is 10.9. The molecule has 0 radical (unpaired) electrons. The predicted octanol–water partition coefficient (Wildman–Crippen LogP) is 6.29. The summed E-state index contributed by atoms with van der Waals surface area (Å²) in [5.41, 5.74) is 12.1. The van der Waals surface area contributed by atoms with E-state index in [0.29, 0.717) is 37.1 Å². The fourth-order valence-corrected chi connectivity index (χ4v) is 8.55. The summed E-state index contributed by atoms with van der Waals surface area (Å²) in [7, 11) is 0. The maximum Gasteiger partial charge on any atom is 0.306 e. The fourth-order valence-electron chi connectivity index (χ4n) is 8.55. The molecule has 4 aliphatic rings. The Morgan fingerprint density at radius 1 is 0.731 bits per heavy atom. The summed E-state index contributed by atoms with van der Waals surface area (Å²) in [6.45, 7) is 11.1. The number of carbonyl (C=O) groups excluding carboxylic acids is 2. The molecule has 2 aromatic heterocycles. The van der Waals surface area contributed by atoms with Crippen molar-refractivity contribution in [2.75, 3.05) is 11.5 Å². The lowest BCUT2D eigenvalue weighted by molar-refractivity contribution is -0.226. The second-order valence-electron chi connectivity index (χ2n) is 17.2. The van der Waals surface area contributed by atoms with Gasteiger partial charge in [-0.2, -0.15) is 0 Å². The van der Waals surface area contributed by atoms with Gasteiger partial charge in [0.15, 0.2) is 0 Å². The van der Waals surface area contributed by atoms with Crippen molar-refractivity contribution >= 4 is 23.3 Å². The third-order valence-corrected chi connectivity index (χ3v) is 10.9. The van der Waals surface area contributed by atoms with E-state index in [1.807, 2.05) is 53.7 Å². The molecule has 12 heteroatoms. The number of rotatable bonds is 6. The van der Waals surface area contributed by atoms with Crippen LogP contribution in [0.25, 0.3) is 0 Å². The number of nitrogens with zero attached hydrogens (tertiary/aromatic N) is 2. The molecular weight excluding hydrogens is 664 g/mol. The number of esters is 2. The van der Waals surface area contributed by atoms with Crippen molar-refractivity contribution in [3.05, 3.63) is 48.0 Å². The fraction of sp³-hybridized carbons (Fsp3) is 0.700. The topological polar surface area (TPSA) is 189 Å². The molecule has 2 saturated carbocycles. The van der Waals surface area contributed by atoms with E-state index in [4.69, 9.17) is 30.4 Å². The number of pyridine rings is 2. The number of nitrogen functional groups attached to an aromatic ring is 2. The van der Waals surface area contributed by atoms with Gasteiger partial charge < -0.3 is 40.6 Å². The Balaban J connectivity index is 0.000000201. The molecule has 0 unspecified atom stereocenters. The van der Waals surface area contributed by atoms with Crippen LogP contribution >= 0.6 is 0 Å². The van der Waals surface area contributed by atoms with Gasteiger partial charge in [-0.3, -0.25) is 19.6 Å². The molecule has 2 aromatic rings. The van der Waals surface area contributed by atoms with E-state index >= 15 is 0 Å². The van der Waals surface area contributed by atoms with Crippen molar-refractivity contribution in [1.82, 2.24) is 9.97 Å². The van der Waals surface area contributed by atoms with Crippen LogP contribution in [0, 0.1) is 11.8 Å². The molecule has 0 spiro atoms. The van der Waals surface area contributed by atoms with E-state index in [2.05, 4.69) is 9.97 Å². The molecule has 2 aliphatic heterocycles. The van der Waals surface area contributed by atoms with Crippen LogP contribution < -0.4 is 11.5 Å². The van der Waals surface area contributed by atoms with Gasteiger partial charge in [0.2, 0.25) is 0 Å². The van der Waals surface area contributed by atoms with Gasteiger partial charge in [0.25, 0.3) is 0 Å². The first-order valence-corrected chi connectivity index (χ1v) is 19.0. The SMILES string of the molecule is CC(C)(C)OC(=O)C[C@@H]1C[C@H](c2ccncc2N)O[C@@H]2CCCC[C@]12O.CC(C)(C)OC(=O)C[C@H]1C[C@@H](c2ccncc2N)O[C@H]2CCCC[C@@]12O. The van der Waals surface area contributed by atoms with Gasteiger partial charge in [-0.25, -0.2) is 0 Å². The van der Waals surface area contributed by atoms with Crippen LogP contribution in [0.1, 0.15) is 142 Å².